The molecule has 0 fully saturated rings. The summed E-state index contributed by atoms with van der Waals surface area (Å²) in [6, 6.07) is 10.0. The lowest BCUT2D eigenvalue weighted by Gasteiger charge is -2.21. The lowest BCUT2D eigenvalue weighted by atomic mass is 10.0. The van der Waals surface area contributed by atoms with Crippen molar-refractivity contribution < 1.29 is 0 Å². The largest absolute Gasteiger partial charge is 0.383 e. The fourth-order valence-electron chi connectivity index (χ4n) is 2.27. The van der Waals surface area contributed by atoms with E-state index >= 15 is 0 Å². The molecule has 0 saturated carbocycles. The van der Waals surface area contributed by atoms with Crippen LogP contribution in [0, 0.1) is 6.92 Å². The third kappa shape index (κ3) is 4.13. The first-order valence-electron chi connectivity index (χ1n) is 6.95. The highest BCUT2D eigenvalue weighted by atomic mass is 35.5. The number of nitrogen functional groups attached to an aromatic ring is 1. The first kappa shape index (κ1) is 16.1. The van der Waals surface area contributed by atoms with Crippen LogP contribution in [-0.4, -0.2) is 17.3 Å². The SMILES string of the molecule is CCNC(CSc1ccccc1Cl)c1c(C)ccnc1N. The van der Waals surface area contributed by atoms with E-state index in [-0.39, 0.29) is 6.04 Å². The Labute approximate surface area is 135 Å². The minimum Gasteiger partial charge on any atom is -0.383 e. The predicted molar refractivity (Wildman–Crippen MR) is 92.0 cm³/mol. The molecule has 0 aliphatic rings. The van der Waals surface area contributed by atoms with E-state index in [1.54, 1.807) is 18.0 Å². The fourth-order valence-corrected chi connectivity index (χ4v) is 3.58. The van der Waals surface area contributed by atoms with Crippen molar-refractivity contribution in [2.45, 2.75) is 24.8 Å². The van der Waals surface area contributed by atoms with Crippen LogP contribution in [0.5, 0.6) is 0 Å². The zero-order valence-electron chi connectivity index (χ0n) is 12.3. The summed E-state index contributed by atoms with van der Waals surface area (Å²) in [6.07, 6.45) is 1.75. The lowest BCUT2D eigenvalue weighted by Crippen LogP contribution is -2.25. The van der Waals surface area contributed by atoms with Crippen LogP contribution in [-0.2, 0) is 0 Å². The standard InChI is InChI=1S/C16H20ClN3S/c1-3-19-13(15-11(2)8-9-20-16(15)18)10-21-14-7-5-4-6-12(14)17/h4-9,13,19H,3,10H2,1-2H3,(H2,18,20). The summed E-state index contributed by atoms with van der Waals surface area (Å²) in [5, 5.41) is 4.27. The van der Waals surface area contributed by atoms with E-state index in [9.17, 15) is 0 Å². The number of rotatable bonds is 6. The molecule has 2 rings (SSSR count). The average Bonchev–Trinajstić information content (AvgIpc) is 2.46. The van der Waals surface area contributed by atoms with Gasteiger partial charge in [-0.05, 0) is 37.2 Å². The number of benzene rings is 1. The minimum absolute atomic E-state index is 0.157. The van der Waals surface area contributed by atoms with Crippen molar-refractivity contribution in [3.63, 3.8) is 0 Å². The smallest absolute Gasteiger partial charge is 0.128 e. The second-order valence-electron chi connectivity index (χ2n) is 4.78. The first-order chi connectivity index (χ1) is 10.1. The summed E-state index contributed by atoms with van der Waals surface area (Å²) in [5.74, 6) is 1.45. The van der Waals surface area contributed by atoms with Gasteiger partial charge in [0.05, 0.1) is 5.02 Å². The van der Waals surface area contributed by atoms with E-state index in [1.807, 2.05) is 30.3 Å². The van der Waals surface area contributed by atoms with Gasteiger partial charge in [-0.1, -0.05) is 30.7 Å². The summed E-state index contributed by atoms with van der Waals surface area (Å²) < 4.78 is 0. The number of halogens is 1. The van der Waals surface area contributed by atoms with E-state index in [4.69, 9.17) is 17.3 Å². The molecule has 0 saturated heterocycles. The van der Waals surface area contributed by atoms with Gasteiger partial charge in [-0.3, -0.25) is 0 Å². The normalized spacial score (nSPS) is 12.3. The fraction of sp³-hybridized carbons (Fsp3) is 0.312. The molecule has 1 atom stereocenters. The molecule has 2 aromatic rings. The summed E-state index contributed by atoms with van der Waals surface area (Å²) in [6.45, 7) is 5.04. The van der Waals surface area contributed by atoms with Crippen LogP contribution < -0.4 is 11.1 Å². The number of anilines is 1. The molecule has 112 valence electrons. The molecule has 3 nitrogen and oxygen atoms in total. The number of aromatic nitrogens is 1. The summed E-state index contributed by atoms with van der Waals surface area (Å²) in [7, 11) is 0. The Morgan fingerprint density at radius 3 is 2.76 bits per heavy atom. The minimum atomic E-state index is 0.157. The van der Waals surface area contributed by atoms with Crippen molar-refractivity contribution in [1.82, 2.24) is 10.3 Å². The molecule has 0 aliphatic heterocycles. The Hall–Kier alpha value is -1.23. The zero-order chi connectivity index (χ0) is 15.2. The third-order valence-corrected chi connectivity index (χ3v) is 4.89. The highest BCUT2D eigenvalue weighted by Gasteiger charge is 2.17. The molecule has 1 heterocycles. The van der Waals surface area contributed by atoms with Gasteiger partial charge in [0.15, 0.2) is 0 Å². The Morgan fingerprint density at radius 1 is 1.33 bits per heavy atom. The molecule has 0 bridgehead atoms. The maximum absolute atomic E-state index is 6.22. The van der Waals surface area contributed by atoms with Crippen LogP contribution in [0.1, 0.15) is 24.1 Å². The second-order valence-corrected chi connectivity index (χ2v) is 6.25. The molecule has 3 N–H and O–H groups in total. The van der Waals surface area contributed by atoms with Crippen molar-refractivity contribution in [1.29, 1.82) is 0 Å². The van der Waals surface area contributed by atoms with E-state index in [0.29, 0.717) is 5.82 Å². The number of pyridine rings is 1. The Morgan fingerprint density at radius 2 is 2.10 bits per heavy atom. The van der Waals surface area contributed by atoms with Gasteiger partial charge < -0.3 is 11.1 Å². The van der Waals surface area contributed by atoms with Crippen LogP contribution in [0.25, 0.3) is 0 Å². The van der Waals surface area contributed by atoms with Crippen molar-refractivity contribution in [3.8, 4) is 0 Å². The number of nitrogens with two attached hydrogens (primary N) is 1. The van der Waals surface area contributed by atoms with Crippen LogP contribution in [0.4, 0.5) is 5.82 Å². The number of nitrogens with one attached hydrogen (secondary N) is 1. The topological polar surface area (TPSA) is 50.9 Å². The lowest BCUT2D eigenvalue weighted by molar-refractivity contribution is 0.603. The Balaban J connectivity index is 2.18. The van der Waals surface area contributed by atoms with Gasteiger partial charge in [-0.2, -0.15) is 0 Å². The number of aryl methyl sites for hydroxylation is 1. The molecule has 1 unspecified atom stereocenters. The van der Waals surface area contributed by atoms with Crippen molar-refractivity contribution in [3.05, 3.63) is 52.7 Å². The number of thioether (sulfide) groups is 1. The maximum Gasteiger partial charge on any atom is 0.128 e. The summed E-state index contributed by atoms with van der Waals surface area (Å²) in [5.41, 5.74) is 8.31. The van der Waals surface area contributed by atoms with Gasteiger partial charge in [0.2, 0.25) is 0 Å². The number of hydrogen-bond acceptors (Lipinski definition) is 4. The van der Waals surface area contributed by atoms with Crippen LogP contribution >= 0.6 is 23.4 Å². The quantitative estimate of drug-likeness (QED) is 0.787. The molecule has 0 aliphatic carbocycles. The van der Waals surface area contributed by atoms with E-state index < -0.39 is 0 Å². The highest BCUT2D eigenvalue weighted by Crippen LogP contribution is 2.32. The van der Waals surface area contributed by atoms with E-state index in [0.717, 1.165) is 33.3 Å². The third-order valence-electron chi connectivity index (χ3n) is 3.28. The molecule has 5 heteroatoms. The molecule has 21 heavy (non-hydrogen) atoms. The summed E-state index contributed by atoms with van der Waals surface area (Å²) in [4.78, 5) is 5.30. The monoisotopic (exact) mass is 321 g/mol. The molecular formula is C16H20ClN3S. The van der Waals surface area contributed by atoms with Gasteiger partial charge in [0.1, 0.15) is 5.82 Å². The van der Waals surface area contributed by atoms with Crippen LogP contribution in [0.3, 0.4) is 0 Å². The second kappa shape index (κ2) is 7.69. The number of hydrogen-bond donors (Lipinski definition) is 2. The molecule has 0 radical (unpaired) electrons. The summed E-state index contributed by atoms with van der Waals surface area (Å²) >= 11 is 7.94. The van der Waals surface area contributed by atoms with Crippen LogP contribution in [0.15, 0.2) is 41.4 Å². The van der Waals surface area contributed by atoms with Gasteiger partial charge >= 0.3 is 0 Å². The maximum atomic E-state index is 6.22. The van der Waals surface area contributed by atoms with Gasteiger partial charge in [-0.25, -0.2) is 4.98 Å². The van der Waals surface area contributed by atoms with Crippen LogP contribution in [0.2, 0.25) is 5.02 Å². The van der Waals surface area contributed by atoms with E-state index in [1.165, 1.54) is 0 Å². The molecule has 1 aromatic heterocycles. The highest BCUT2D eigenvalue weighted by molar-refractivity contribution is 7.99. The van der Waals surface area contributed by atoms with Crippen molar-refractivity contribution in [2.75, 3.05) is 18.0 Å². The molecule has 1 aromatic carbocycles. The molecule has 0 spiro atoms. The molecular weight excluding hydrogens is 302 g/mol. The Bertz CT molecular complexity index is 584. The van der Waals surface area contributed by atoms with Gasteiger partial charge in [0, 0.05) is 28.5 Å². The number of nitrogens with zero attached hydrogens (tertiary/aromatic N) is 1. The van der Waals surface area contributed by atoms with Gasteiger partial charge in [-0.15, -0.1) is 11.8 Å². The Kier molecular flexibility index (Phi) is 5.91. The van der Waals surface area contributed by atoms with Crippen molar-refractivity contribution >= 4 is 29.2 Å². The predicted octanol–water partition coefficient (Wildman–Crippen LogP) is 4.07. The average molecular weight is 322 g/mol. The zero-order valence-corrected chi connectivity index (χ0v) is 13.8. The first-order valence-corrected chi connectivity index (χ1v) is 8.31. The van der Waals surface area contributed by atoms with E-state index in [2.05, 4.69) is 24.1 Å². The molecule has 0 amide bonds. The van der Waals surface area contributed by atoms with Gasteiger partial charge in [0.25, 0.3) is 0 Å². The van der Waals surface area contributed by atoms with Crippen molar-refractivity contribution in [2.24, 2.45) is 0 Å².